The molecule has 0 aromatic rings. The summed E-state index contributed by atoms with van der Waals surface area (Å²) in [6.07, 6.45) is 10.9. The minimum atomic E-state index is -0.639. The highest BCUT2D eigenvalue weighted by atomic mass is 16.5. The molecule has 0 saturated heterocycles. The fraction of sp³-hybridized carbons (Fsp3) is 0.704. The molecule has 0 amide bonds. The Morgan fingerprint density at radius 1 is 1.00 bits per heavy atom. The second kappa shape index (κ2) is 8.82. The molecule has 9 atom stereocenters. The molecule has 3 fully saturated rings. The first kappa shape index (κ1) is 23.9. The fourth-order valence-electron chi connectivity index (χ4n) is 7.57. The van der Waals surface area contributed by atoms with Gasteiger partial charge in [0.2, 0.25) is 0 Å². The Kier molecular flexibility index (Phi) is 6.38. The predicted molar refractivity (Wildman–Crippen MR) is 121 cm³/mol. The van der Waals surface area contributed by atoms with Gasteiger partial charge in [0.15, 0.2) is 0 Å². The van der Waals surface area contributed by atoms with E-state index in [0.29, 0.717) is 31.1 Å². The number of carbonyl (C=O) groups excluding carboxylic acids is 2. The van der Waals surface area contributed by atoms with Gasteiger partial charge in [-0.3, -0.25) is 9.59 Å². The molecule has 0 bridgehead atoms. The van der Waals surface area contributed by atoms with E-state index in [0.717, 1.165) is 19.3 Å². The largest absolute Gasteiger partial charge is 0.393 e. The fourth-order valence-corrected chi connectivity index (χ4v) is 7.57. The number of fused-ring (bicyclic) bond motifs is 5. The zero-order chi connectivity index (χ0) is 24.0. The Hall–Kier alpha value is -2.28. The number of esters is 2. The van der Waals surface area contributed by atoms with Crippen molar-refractivity contribution >= 4 is 11.9 Å². The van der Waals surface area contributed by atoms with Crippen LogP contribution < -0.4 is 0 Å². The van der Waals surface area contributed by atoms with Gasteiger partial charge in [0.25, 0.3) is 0 Å². The molecule has 4 aliphatic rings. The van der Waals surface area contributed by atoms with Crippen LogP contribution in [0.25, 0.3) is 0 Å². The quantitative estimate of drug-likeness (QED) is 0.332. The second-order valence-corrected chi connectivity index (χ2v) is 10.8. The van der Waals surface area contributed by atoms with Crippen molar-refractivity contribution in [3.63, 3.8) is 0 Å². The van der Waals surface area contributed by atoms with Crippen LogP contribution in [0.4, 0.5) is 0 Å². The minimum Gasteiger partial charge on any atom is -0.393 e. The lowest BCUT2D eigenvalue weighted by atomic mass is 9.46. The molecule has 6 heteroatoms. The van der Waals surface area contributed by atoms with E-state index in [1.54, 1.807) is 0 Å². The molecule has 0 spiro atoms. The molecule has 178 valence electrons. The molecule has 3 saturated carbocycles. The monoisotopic (exact) mass is 454 g/mol. The third kappa shape index (κ3) is 4.20. The van der Waals surface area contributed by atoms with Gasteiger partial charge in [-0.05, 0) is 67.1 Å². The summed E-state index contributed by atoms with van der Waals surface area (Å²) in [6, 6.07) is 0. The first-order chi connectivity index (χ1) is 15.6. The zero-order valence-corrected chi connectivity index (χ0v) is 19.9. The Balaban J connectivity index is 1.58. The lowest BCUT2D eigenvalue weighted by molar-refractivity contribution is -0.135. The van der Waals surface area contributed by atoms with E-state index < -0.39 is 24.1 Å². The van der Waals surface area contributed by atoms with E-state index in [2.05, 4.69) is 44.0 Å². The summed E-state index contributed by atoms with van der Waals surface area (Å²) < 4.78 is 9.63. The van der Waals surface area contributed by atoms with Crippen molar-refractivity contribution in [3.8, 4) is 24.1 Å². The number of aliphatic hydroxyl groups excluding tert-OH is 2. The number of allylic oxidation sites excluding steroid dienone is 2. The summed E-state index contributed by atoms with van der Waals surface area (Å²) >= 11 is 0. The van der Waals surface area contributed by atoms with Crippen LogP contribution in [0.3, 0.4) is 0 Å². The summed E-state index contributed by atoms with van der Waals surface area (Å²) in [4.78, 5) is 22.1. The highest BCUT2D eigenvalue weighted by Crippen LogP contribution is 2.66. The molecule has 33 heavy (non-hydrogen) atoms. The van der Waals surface area contributed by atoms with Crippen molar-refractivity contribution in [2.45, 2.75) is 78.4 Å². The summed E-state index contributed by atoms with van der Waals surface area (Å²) in [7, 11) is 0. The first-order valence-corrected chi connectivity index (χ1v) is 12.0. The van der Waals surface area contributed by atoms with Crippen molar-refractivity contribution in [1.82, 2.24) is 0 Å². The molecule has 0 aromatic carbocycles. The van der Waals surface area contributed by atoms with Crippen LogP contribution >= 0.6 is 0 Å². The predicted octanol–water partition coefficient (Wildman–Crippen LogP) is 3.17. The molecular weight excluding hydrogens is 420 g/mol. The van der Waals surface area contributed by atoms with Crippen molar-refractivity contribution < 1.29 is 29.3 Å². The van der Waals surface area contributed by atoms with Gasteiger partial charge >= 0.3 is 11.9 Å². The van der Waals surface area contributed by atoms with Crippen LogP contribution in [0.2, 0.25) is 0 Å². The lowest BCUT2D eigenvalue weighted by Gasteiger charge is -2.59. The molecule has 0 radical (unpaired) electrons. The Bertz CT molecular complexity index is 976. The number of aliphatic hydroxyl groups is 2. The second-order valence-electron chi connectivity index (χ2n) is 10.8. The van der Waals surface area contributed by atoms with Crippen molar-refractivity contribution in [2.75, 3.05) is 0 Å². The lowest BCUT2D eigenvalue weighted by Crippen LogP contribution is -2.57. The maximum atomic E-state index is 11.5. The molecule has 6 nitrogen and oxygen atoms in total. The number of hydrogen-bond acceptors (Lipinski definition) is 6. The van der Waals surface area contributed by atoms with E-state index in [1.807, 2.05) is 0 Å². The van der Waals surface area contributed by atoms with Crippen LogP contribution in [-0.2, 0) is 19.1 Å². The van der Waals surface area contributed by atoms with E-state index in [-0.39, 0.29) is 28.6 Å². The van der Waals surface area contributed by atoms with Gasteiger partial charge in [0.1, 0.15) is 12.2 Å². The average molecular weight is 455 g/mol. The van der Waals surface area contributed by atoms with Crippen LogP contribution in [-0.4, -0.2) is 34.4 Å². The molecule has 2 N–H and O–H groups in total. The standard InChI is InChI=1S/C27H34O6/c1-16(28)32-11-9-18-13-20-5-7-21-22-8-6-19(10-12-33-17(2)29)26(22,3)15-24(31)25(21)27(20,4)14-23(18)30/h5,18-19,21-25,30-31H,6-8,13-15H2,1-4H3/t18?,19?,21-,22-,23?,24?,25-,26+,27-/m0/s1. The van der Waals surface area contributed by atoms with Crippen LogP contribution in [0.1, 0.15) is 66.2 Å². The minimum absolute atomic E-state index is 0.0767. The van der Waals surface area contributed by atoms with Gasteiger partial charge in [-0.2, -0.15) is 0 Å². The molecule has 0 aromatic heterocycles. The van der Waals surface area contributed by atoms with Crippen molar-refractivity contribution in [1.29, 1.82) is 0 Å². The Labute approximate surface area is 196 Å². The first-order valence-electron chi connectivity index (χ1n) is 12.0. The van der Waals surface area contributed by atoms with E-state index in [9.17, 15) is 19.8 Å². The van der Waals surface area contributed by atoms with E-state index in [1.165, 1.54) is 19.4 Å². The third-order valence-corrected chi connectivity index (χ3v) is 8.96. The number of hydrogen-bond donors (Lipinski definition) is 2. The Morgan fingerprint density at radius 2 is 1.67 bits per heavy atom. The number of rotatable bonds is 0. The summed E-state index contributed by atoms with van der Waals surface area (Å²) in [5, 5.41) is 22.4. The normalized spacial score (nSPS) is 43.2. The van der Waals surface area contributed by atoms with Gasteiger partial charge < -0.3 is 19.7 Å². The molecule has 0 heterocycles. The molecule has 4 aliphatic carbocycles. The highest BCUT2D eigenvalue weighted by Gasteiger charge is 2.62. The molecule has 4 rings (SSSR count). The average Bonchev–Trinajstić information content (AvgIpc) is 3.03. The van der Waals surface area contributed by atoms with Gasteiger partial charge in [0, 0.05) is 19.8 Å². The van der Waals surface area contributed by atoms with Gasteiger partial charge in [0.05, 0.1) is 18.1 Å². The summed E-state index contributed by atoms with van der Waals surface area (Å²) in [6.45, 7) is 7.07. The van der Waals surface area contributed by atoms with E-state index in [4.69, 9.17) is 9.47 Å². The maximum Gasteiger partial charge on any atom is 0.316 e. The third-order valence-electron chi connectivity index (χ3n) is 8.96. The van der Waals surface area contributed by atoms with Crippen LogP contribution in [0, 0.1) is 64.5 Å². The summed E-state index contributed by atoms with van der Waals surface area (Å²) in [5.41, 5.74) is 0.841. The summed E-state index contributed by atoms with van der Waals surface area (Å²) in [5.74, 6) is 5.85. The molecule has 4 unspecified atom stereocenters. The molecular formula is C27H34O6. The topological polar surface area (TPSA) is 93.1 Å². The maximum absolute atomic E-state index is 11.5. The van der Waals surface area contributed by atoms with Crippen LogP contribution in [0.15, 0.2) is 11.6 Å². The molecule has 0 aliphatic heterocycles. The van der Waals surface area contributed by atoms with Gasteiger partial charge in [-0.1, -0.05) is 37.3 Å². The zero-order valence-electron chi connectivity index (χ0n) is 19.9. The highest BCUT2D eigenvalue weighted by molar-refractivity contribution is 5.67. The van der Waals surface area contributed by atoms with Crippen LogP contribution in [0.5, 0.6) is 0 Å². The SMILES string of the molecule is CC(=O)OC#CC1CC2=CC[C@@H]3[C@@H](C(O)C[C@]4(C)C(C#COC(C)=O)CC[C@@H]34)[C@@]2(C)CC1O. The Morgan fingerprint density at radius 3 is 2.33 bits per heavy atom. The van der Waals surface area contributed by atoms with Gasteiger partial charge in [-0.15, -0.1) is 0 Å². The number of carbonyl (C=O) groups is 2. The van der Waals surface area contributed by atoms with Crippen molar-refractivity contribution in [2.24, 2.45) is 40.4 Å². The van der Waals surface area contributed by atoms with E-state index >= 15 is 0 Å². The van der Waals surface area contributed by atoms with Gasteiger partial charge in [-0.25, -0.2) is 0 Å². The smallest absolute Gasteiger partial charge is 0.316 e. The van der Waals surface area contributed by atoms with Crippen molar-refractivity contribution in [3.05, 3.63) is 11.6 Å². The number of ether oxygens (including phenoxy) is 2.